The molecule has 12 rings (SSSR count). The van der Waals surface area contributed by atoms with Gasteiger partial charge in [0.25, 0.3) is 0 Å². The Balaban J connectivity index is 0.953. The van der Waals surface area contributed by atoms with Crippen molar-refractivity contribution in [3.8, 4) is 67.0 Å². The van der Waals surface area contributed by atoms with E-state index in [2.05, 4.69) is 252 Å². The van der Waals surface area contributed by atoms with Gasteiger partial charge >= 0.3 is 0 Å². The number of aromatic nitrogens is 2. The van der Waals surface area contributed by atoms with Gasteiger partial charge in [-0.15, -0.1) is 0 Å². The molecule has 0 fully saturated rings. The molecule has 0 atom stereocenters. The van der Waals surface area contributed by atoms with Gasteiger partial charge in [-0.3, -0.25) is 0 Å². The van der Waals surface area contributed by atoms with Gasteiger partial charge < -0.3 is 9.13 Å². The topological polar surface area (TPSA) is 9.86 Å². The molecule has 12 aromatic rings. The number of fused-ring (bicyclic) bond motifs is 6. The Morgan fingerprint density at radius 3 is 0.903 bits per heavy atom. The number of nitrogens with zero attached hydrogens (tertiary/aromatic N) is 2. The zero-order valence-electron chi connectivity index (χ0n) is 34.0. The van der Waals surface area contributed by atoms with Gasteiger partial charge in [0, 0.05) is 32.9 Å². The van der Waals surface area contributed by atoms with Crippen molar-refractivity contribution < 1.29 is 0 Å². The van der Waals surface area contributed by atoms with Gasteiger partial charge in [-0.05, 0) is 116 Å². The minimum absolute atomic E-state index is 1.14. The second kappa shape index (κ2) is 14.8. The van der Waals surface area contributed by atoms with E-state index in [1.54, 1.807) is 0 Å². The molecule has 0 N–H and O–H groups in total. The zero-order valence-corrected chi connectivity index (χ0v) is 34.0. The monoisotopic (exact) mass is 788 g/mol. The van der Waals surface area contributed by atoms with Crippen molar-refractivity contribution in [3.05, 3.63) is 243 Å². The van der Waals surface area contributed by atoms with Crippen LogP contribution >= 0.6 is 0 Å². The van der Waals surface area contributed by atoms with Crippen LogP contribution in [0.4, 0.5) is 0 Å². The third-order valence-corrected chi connectivity index (χ3v) is 12.5. The molecule has 2 heteroatoms. The zero-order chi connectivity index (χ0) is 41.0. The summed E-state index contributed by atoms with van der Waals surface area (Å²) in [5.41, 5.74) is 19.2. The first-order valence-corrected chi connectivity index (χ1v) is 21.3. The first-order valence-electron chi connectivity index (χ1n) is 21.3. The van der Waals surface area contributed by atoms with Crippen LogP contribution in [0.3, 0.4) is 0 Å². The van der Waals surface area contributed by atoms with Gasteiger partial charge in [-0.2, -0.15) is 0 Å². The fourth-order valence-electron chi connectivity index (χ4n) is 9.64. The summed E-state index contributed by atoms with van der Waals surface area (Å²) < 4.78 is 4.85. The van der Waals surface area contributed by atoms with Gasteiger partial charge in [0.15, 0.2) is 0 Å². The predicted octanol–water partition coefficient (Wildman–Crippen LogP) is 16.2. The number of hydrogen-bond donors (Lipinski definition) is 0. The van der Waals surface area contributed by atoms with Crippen molar-refractivity contribution in [1.29, 1.82) is 0 Å². The number of benzene rings is 10. The van der Waals surface area contributed by atoms with E-state index in [4.69, 9.17) is 0 Å². The summed E-state index contributed by atoms with van der Waals surface area (Å²) in [5, 5.41) is 5.03. The third kappa shape index (κ3) is 5.96. The van der Waals surface area contributed by atoms with E-state index in [1.165, 1.54) is 99.2 Å². The van der Waals surface area contributed by atoms with Gasteiger partial charge in [-0.25, -0.2) is 0 Å². The van der Waals surface area contributed by atoms with E-state index >= 15 is 0 Å². The maximum atomic E-state index is 2.42. The molecule has 2 aromatic heterocycles. The highest BCUT2D eigenvalue weighted by Crippen LogP contribution is 2.42. The van der Waals surface area contributed by atoms with Crippen LogP contribution in [0.15, 0.2) is 243 Å². The van der Waals surface area contributed by atoms with E-state index in [-0.39, 0.29) is 0 Å². The molecule has 0 aliphatic heterocycles. The summed E-state index contributed by atoms with van der Waals surface area (Å²) in [4.78, 5) is 0. The Morgan fingerprint density at radius 2 is 0.532 bits per heavy atom. The molecule has 2 nitrogen and oxygen atoms in total. The van der Waals surface area contributed by atoms with E-state index in [9.17, 15) is 0 Å². The molecule has 0 saturated carbocycles. The molecule has 0 radical (unpaired) electrons. The van der Waals surface area contributed by atoms with Crippen LogP contribution in [0.25, 0.3) is 111 Å². The lowest BCUT2D eigenvalue weighted by Gasteiger charge is -2.12. The van der Waals surface area contributed by atoms with Crippen LogP contribution < -0.4 is 0 Å². The second-order valence-electron chi connectivity index (χ2n) is 16.1. The minimum Gasteiger partial charge on any atom is -0.309 e. The fourth-order valence-corrected chi connectivity index (χ4v) is 9.64. The third-order valence-electron chi connectivity index (χ3n) is 12.5. The maximum Gasteiger partial charge on any atom is 0.0547 e. The molecule has 0 saturated heterocycles. The van der Waals surface area contributed by atoms with E-state index in [1.807, 2.05) is 0 Å². The average Bonchev–Trinajstić information content (AvgIpc) is 3.87. The Hall–Kier alpha value is -8.20. The summed E-state index contributed by atoms with van der Waals surface area (Å²) in [6, 6.07) is 88.3. The van der Waals surface area contributed by atoms with Crippen LogP contribution in [0.1, 0.15) is 0 Å². The van der Waals surface area contributed by atoms with Crippen molar-refractivity contribution >= 4 is 43.6 Å². The molecule has 10 aromatic carbocycles. The lowest BCUT2D eigenvalue weighted by atomic mass is 9.97. The van der Waals surface area contributed by atoms with Crippen molar-refractivity contribution in [2.45, 2.75) is 0 Å². The Kier molecular flexibility index (Phi) is 8.53. The molecule has 0 unspecified atom stereocenters. The smallest absolute Gasteiger partial charge is 0.0547 e. The second-order valence-corrected chi connectivity index (χ2v) is 16.1. The first kappa shape index (κ1) is 35.7. The summed E-state index contributed by atoms with van der Waals surface area (Å²) >= 11 is 0. The lowest BCUT2D eigenvalue weighted by molar-refractivity contribution is 1.18. The standard InChI is InChI=1S/C60H40N2/c1-5-15-41(16-6-1)47-31-37-55-53(39-47)59-51(45-19-9-3-10-20-45)23-13-25-57(59)61(55)49-33-27-43(28-34-49)44-29-35-50(36-30-44)62-56-38-32-48(42-17-7-2-8-18-42)40-54(56)60-52(24-14-26-58(60)62)46-21-11-4-12-22-46/h1-40H. The van der Waals surface area contributed by atoms with Crippen LogP contribution in [0.5, 0.6) is 0 Å². The van der Waals surface area contributed by atoms with Gasteiger partial charge in [-0.1, -0.05) is 182 Å². The predicted molar refractivity (Wildman–Crippen MR) is 262 cm³/mol. The number of hydrogen-bond acceptors (Lipinski definition) is 0. The van der Waals surface area contributed by atoms with E-state index < -0.39 is 0 Å². The normalized spacial score (nSPS) is 11.5. The molecule has 2 heterocycles. The van der Waals surface area contributed by atoms with E-state index in [0.29, 0.717) is 0 Å². The fraction of sp³-hybridized carbons (Fsp3) is 0. The maximum absolute atomic E-state index is 2.42. The SMILES string of the molecule is c1ccc(-c2ccc3c(c2)c2c(-c4ccccc4)cccc2n3-c2ccc(-c3ccc(-n4c5ccc(-c6ccccc6)cc5c5c(-c6ccccc6)cccc54)cc3)cc2)cc1. The molecule has 0 spiro atoms. The summed E-state index contributed by atoms with van der Waals surface area (Å²) in [6.45, 7) is 0. The highest BCUT2D eigenvalue weighted by atomic mass is 15.0. The molecule has 0 aliphatic carbocycles. The Labute approximate surface area is 360 Å². The Morgan fingerprint density at radius 1 is 0.210 bits per heavy atom. The van der Waals surface area contributed by atoms with Crippen LogP contribution in [-0.4, -0.2) is 9.13 Å². The van der Waals surface area contributed by atoms with Crippen LogP contribution in [-0.2, 0) is 0 Å². The summed E-state index contributed by atoms with van der Waals surface area (Å²) in [7, 11) is 0. The van der Waals surface area contributed by atoms with Crippen molar-refractivity contribution in [1.82, 2.24) is 9.13 Å². The molecular formula is C60H40N2. The largest absolute Gasteiger partial charge is 0.309 e. The molecule has 0 bridgehead atoms. The van der Waals surface area contributed by atoms with Crippen molar-refractivity contribution in [2.75, 3.05) is 0 Å². The first-order chi connectivity index (χ1) is 30.8. The molecule has 62 heavy (non-hydrogen) atoms. The van der Waals surface area contributed by atoms with Crippen LogP contribution in [0.2, 0.25) is 0 Å². The molecule has 0 amide bonds. The molecule has 290 valence electrons. The lowest BCUT2D eigenvalue weighted by Crippen LogP contribution is -1.95. The molecular weight excluding hydrogens is 749 g/mol. The van der Waals surface area contributed by atoms with Gasteiger partial charge in [0.1, 0.15) is 0 Å². The minimum atomic E-state index is 1.14. The van der Waals surface area contributed by atoms with Crippen LogP contribution in [0, 0.1) is 0 Å². The van der Waals surface area contributed by atoms with Crippen molar-refractivity contribution in [2.24, 2.45) is 0 Å². The number of rotatable bonds is 7. The highest BCUT2D eigenvalue weighted by Gasteiger charge is 2.19. The van der Waals surface area contributed by atoms with Gasteiger partial charge in [0.2, 0.25) is 0 Å². The average molecular weight is 789 g/mol. The highest BCUT2D eigenvalue weighted by molar-refractivity contribution is 6.18. The van der Waals surface area contributed by atoms with E-state index in [0.717, 1.165) is 11.4 Å². The molecule has 0 aliphatic rings. The quantitative estimate of drug-likeness (QED) is 0.152. The summed E-state index contributed by atoms with van der Waals surface area (Å²) in [6.07, 6.45) is 0. The Bertz CT molecular complexity index is 3320. The van der Waals surface area contributed by atoms with Gasteiger partial charge in [0.05, 0.1) is 22.1 Å². The van der Waals surface area contributed by atoms with Crippen molar-refractivity contribution in [3.63, 3.8) is 0 Å². The summed E-state index contributed by atoms with van der Waals surface area (Å²) in [5.74, 6) is 0.